The maximum Gasteiger partial charge on any atom is 0.221 e. The lowest BCUT2D eigenvalue weighted by atomic mass is 10.2. The largest absolute Gasteiger partial charge is 0.352 e. The van der Waals surface area contributed by atoms with E-state index in [4.69, 9.17) is 11.6 Å². The molecule has 92 valence electrons. The molecule has 1 aliphatic rings. The number of carbonyl (C=O) groups excluding carboxylic acids is 1. The van der Waals surface area contributed by atoms with Gasteiger partial charge in [-0.05, 0) is 30.5 Å². The topological polar surface area (TPSA) is 41.1 Å². The number of nitrogens with one attached hydrogen (secondary N) is 2. The van der Waals surface area contributed by atoms with Crippen molar-refractivity contribution in [1.82, 2.24) is 10.6 Å². The van der Waals surface area contributed by atoms with Crippen molar-refractivity contribution in [3.8, 4) is 0 Å². The molecular formula is C13H17ClN2O. The van der Waals surface area contributed by atoms with Crippen LogP contribution in [0.15, 0.2) is 24.3 Å². The molecule has 1 aromatic carbocycles. The molecule has 1 saturated carbocycles. The number of amides is 1. The van der Waals surface area contributed by atoms with Gasteiger partial charge in [0.1, 0.15) is 0 Å². The molecule has 0 bridgehead atoms. The van der Waals surface area contributed by atoms with Gasteiger partial charge >= 0.3 is 0 Å². The number of hydrogen-bond acceptors (Lipinski definition) is 2. The molecule has 3 nitrogen and oxygen atoms in total. The lowest BCUT2D eigenvalue weighted by Crippen LogP contribution is -2.28. The number of rotatable bonds is 6. The van der Waals surface area contributed by atoms with Crippen molar-refractivity contribution in [2.45, 2.75) is 31.8 Å². The van der Waals surface area contributed by atoms with E-state index < -0.39 is 0 Å². The van der Waals surface area contributed by atoms with Gasteiger partial charge in [0.2, 0.25) is 5.91 Å². The molecule has 1 fully saturated rings. The van der Waals surface area contributed by atoms with Gasteiger partial charge in [-0.25, -0.2) is 0 Å². The van der Waals surface area contributed by atoms with Crippen LogP contribution in [0, 0.1) is 0 Å². The number of benzene rings is 1. The molecule has 1 amide bonds. The summed E-state index contributed by atoms with van der Waals surface area (Å²) in [7, 11) is 0. The Kier molecular flexibility index (Phi) is 4.40. The maximum atomic E-state index is 11.5. The minimum Gasteiger partial charge on any atom is -0.352 e. The van der Waals surface area contributed by atoms with Crippen LogP contribution in [-0.2, 0) is 11.3 Å². The molecule has 1 aliphatic carbocycles. The zero-order valence-electron chi connectivity index (χ0n) is 9.71. The molecule has 0 heterocycles. The van der Waals surface area contributed by atoms with Crippen molar-refractivity contribution in [3.63, 3.8) is 0 Å². The van der Waals surface area contributed by atoms with Crippen LogP contribution in [-0.4, -0.2) is 18.5 Å². The van der Waals surface area contributed by atoms with E-state index in [-0.39, 0.29) is 5.91 Å². The van der Waals surface area contributed by atoms with Gasteiger partial charge in [-0.3, -0.25) is 4.79 Å². The molecule has 0 aromatic heterocycles. The van der Waals surface area contributed by atoms with Crippen LogP contribution in [0.4, 0.5) is 0 Å². The zero-order valence-corrected chi connectivity index (χ0v) is 10.5. The first-order valence-electron chi connectivity index (χ1n) is 5.98. The fourth-order valence-electron chi connectivity index (χ4n) is 1.57. The molecular weight excluding hydrogens is 236 g/mol. The number of hydrogen-bond donors (Lipinski definition) is 2. The van der Waals surface area contributed by atoms with Crippen LogP contribution in [0.2, 0.25) is 5.02 Å². The predicted octanol–water partition coefficient (Wildman–Crippen LogP) is 2.10. The molecule has 0 atom stereocenters. The first-order valence-corrected chi connectivity index (χ1v) is 6.36. The maximum absolute atomic E-state index is 11.5. The molecule has 4 heteroatoms. The summed E-state index contributed by atoms with van der Waals surface area (Å²) in [5.41, 5.74) is 1.07. The summed E-state index contributed by atoms with van der Waals surface area (Å²) in [6, 6.07) is 8.17. The van der Waals surface area contributed by atoms with Crippen molar-refractivity contribution in [2.24, 2.45) is 0 Å². The average Bonchev–Trinajstić information content (AvgIpc) is 3.12. The minimum absolute atomic E-state index is 0.0908. The second kappa shape index (κ2) is 6.03. The molecule has 0 radical (unpaired) electrons. The Morgan fingerprint density at radius 2 is 2.00 bits per heavy atom. The van der Waals surface area contributed by atoms with Crippen LogP contribution < -0.4 is 10.6 Å². The van der Waals surface area contributed by atoms with E-state index >= 15 is 0 Å². The van der Waals surface area contributed by atoms with E-state index in [1.54, 1.807) is 0 Å². The summed E-state index contributed by atoms with van der Waals surface area (Å²) in [4.78, 5) is 11.5. The second-order valence-electron chi connectivity index (χ2n) is 4.38. The second-order valence-corrected chi connectivity index (χ2v) is 4.82. The van der Waals surface area contributed by atoms with E-state index in [2.05, 4.69) is 10.6 Å². The highest BCUT2D eigenvalue weighted by atomic mass is 35.5. The van der Waals surface area contributed by atoms with Crippen LogP contribution in [0.25, 0.3) is 0 Å². The van der Waals surface area contributed by atoms with Gasteiger partial charge in [0.15, 0.2) is 0 Å². The highest BCUT2D eigenvalue weighted by molar-refractivity contribution is 6.30. The summed E-state index contributed by atoms with van der Waals surface area (Å²) in [5.74, 6) is 0.0908. The average molecular weight is 253 g/mol. The Labute approximate surface area is 107 Å². The summed E-state index contributed by atoms with van der Waals surface area (Å²) in [6.45, 7) is 1.34. The third-order valence-electron chi connectivity index (χ3n) is 2.77. The Bertz CT molecular complexity index is 374. The van der Waals surface area contributed by atoms with Gasteiger partial charge in [0, 0.05) is 30.6 Å². The molecule has 17 heavy (non-hydrogen) atoms. The molecule has 0 spiro atoms. The summed E-state index contributed by atoms with van der Waals surface area (Å²) >= 11 is 5.78. The quantitative estimate of drug-likeness (QED) is 0.814. The molecule has 0 saturated heterocycles. The smallest absolute Gasteiger partial charge is 0.221 e. The Hall–Kier alpha value is -1.06. The summed E-state index contributed by atoms with van der Waals surface area (Å²) in [6.07, 6.45) is 3.06. The summed E-state index contributed by atoms with van der Waals surface area (Å²) < 4.78 is 0. The number of carbonyl (C=O) groups is 1. The molecule has 0 aliphatic heterocycles. The highest BCUT2D eigenvalue weighted by Gasteiger charge is 2.19. The molecule has 1 aromatic rings. The highest BCUT2D eigenvalue weighted by Crippen LogP contribution is 2.18. The standard InChI is InChI=1S/C13H17ClN2O/c14-11-3-1-10(2-4-11)9-16-13(17)7-8-15-12-5-6-12/h1-4,12,15H,5-9H2,(H,16,17). The lowest BCUT2D eigenvalue weighted by Gasteiger charge is -2.06. The fraction of sp³-hybridized carbons (Fsp3) is 0.462. The van der Waals surface area contributed by atoms with Gasteiger partial charge in [0.05, 0.1) is 0 Å². The Balaban J connectivity index is 1.62. The predicted molar refractivity (Wildman–Crippen MR) is 68.9 cm³/mol. The monoisotopic (exact) mass is 252 g/mol. The molecule has 0 unspecified atom stereocenters. The minimum atomic E-state index is 0.0908. The van der Waals surface area contributed by atoms with Gasteiger partial charge in [0.25, 0.3) is 0 Å². The van der Waals surface area contributed by atoms with Gasteiger partial charge in [-0.15, -0.1) is 0 Å². The zero-order chi connectivity index (χ0) is 12.1. The first kappa shape index (κ1) is 12.4. The van der Waals surface area contributed by atoms with E-state index in [0.717, 1.165) is 12.1 Å². The molecule has 2 rings (SSSR count). The van der Waals surface area contributed by atoms with E-state index in [1.165, 1.54) is 12.8 Å². The van der Waals surface area contributed by atoms with Crippen molar-refractivity contribution in [1.29, 1.82) is 0 Å². The van der Waals surface area contributed by atoms with Crippen molar-refractivity contribution in [3.05, 3.63) is 34.9 Å². The van der Waals surface area contributed by atoms with Crippen LogP contribution in [0.1, 0.15) is 24.8 Å². The van der Waals surface area contributed by atoms with Crippen LogP contribution in [0.5, 0.6) is 0 Å². The van der Waals surface area contributed by atoms with Crippen molar-refractivity contribution < 1.29 is 4.79 Å². The number of halogens is 1. The normalized spacial score (nSPS) is 14.6. The van der Waals surface area contributed by atoms with Crippen LogP contribution >= 0.6 is 11.6 Å². The summed E-state index contributed by atoms with van der Waals surface area (Å²) in [5, 5.41) is 6.92. The van der Waals surface area contributed by atoms with E-state index in [9.17, 15) is 4.79 Å². The van der Waals surface area contributed by atoms with Crippen molar-refractivity contribution >= 4 is 17.5 Å². The van der Waals surface area contributed by atoms with Gasteiger partial charge in [-0.1, -0.05) is 23.7 Å². The SMILES string of the molecule is O=C(CCNC1CC1)NCc1ccc(Cl)cc1. The molecule has 2 N–H and O–H groups in total. The Morgan fingerprint density at radius 3 is 2.65 bits per heavy atom. The lowest BCUT2D eigenvalue weighted by molar-refractivity contribution is -0.121. The van der Waals surface area contributed by atoms with Gasteiger partial charge in [-0.2, -0.15) is 0 Å². The van der Waals surface area contributed by atoms with Crippen molar-refractivity contribution in [2.75, 3.05) is 6.54 Å². The van der Waals surface area contributed by atoms with E-state index in [0.29, 0.717) is 24.0 Å². The fourth-order valence-corrected chi connectivity index (χ4v) is 1.69. The first-order chi connectivity index (χ1) is 8.24. The van der Waals surface area contributed by atoms with E-state index in [1.807, 2.05) is 24.3 Å². The van der Waals surface area contributed by atoms with Gasteiger partial charge < -0.3 is 10.6 Å². The Morgan fingerprint density at radius 1 is 1.29 bits per heavy atom. The van der Waals surface area contributed by atoms with Crippen LogP contribution in [0.3, 0.4) is 0 Å². The third kappa shape index (κ3) is 4.75. The third-order valence-corrected chi connectivity index (χ3v) is 3.02.